The zero-order valence-corrected chi connectivity index (χ0v) is 17.9. The Morgan fingerprint density at radius 2 is 2.07 bits per heavy atom. The number of rotatable bonds is 5. The number of phenolic OH excluding ortho intramolecular Hbond substituents is 1. The van der Waals surface area contributed by atoms with E-state index < -0.39 is 9.84 Å². The van der Waals surface area contributed by atoms with E-state index in [0.29, 0.717) is 17.1 Å². The fourth-order valence-electron chi connectivity index (χ4n) is 3.90. The number of pyridine rings is 1. The number of aromatic hydroxyl groups is 1. The Morgan fingerprint density at radius 3 is 2.80 bits per heavy atom. The van der Waals surface area contributed by atoms with Gasteiger partial charge in [-0.1, -0.05) is 6.92 Å². The molecule has 1 aliphatic heterocycles. The van der Waals surface area contributed by atoms with Crippen molar-refractivity contribution < 1.29 is 13.5 Å². The van der Waals surface area contributed by atoms with Crippen molar-refractivity contribution >= 4 is 26.4 Å². The summed E-state index contributed by atoms with van der Waals surface area (Å²) in [6.07, 6.45) is 6.70. The van der Waals surface area contributed by atoms with E-state index in [2.05, 4.69) is 32.3 Å². The van der Waals surface area contributed by atoms with E-state index in [1.54, 1.807) is 18.5 Å². The van der Waals surface area contributed by atoms with Gasteiger partial charge in [0.1, 0.15) is 11.4 Å². The summed E-state index contributed by atoms with van der Waals surface area (Å²) in [5.74, 6) is 0.508. The monoisotopic (exact) mass is 427 g/mol. The minimum atomic E-state index is -3.42. The van der Waals surface area contributed by atoms with Gasteiger partial charge in [-0.2, -0.15) is 0 Å². The average molecular weight is 428 g/mol. The van der Waals surface area contributed by atoms with Gasteiger partial charge in [0.15, 0.2) is 15.7 Å². The van der Waals surface area contributed by atoms with Gasteiger partial charge < -0.3 is 15.3 Å². The lowest BCUT2D eigenvalue weighted by atomic mass is 10.0. The van der Waals surface area contributed by atoms with E-state index in [-0.39, 0.29) is 16.7 Å². The van der Waals surface area contributed by atoms with Crippen molar-refractivity contribution in [1.82, 2.24) is 20.1 Å². The van der Waals surface area contributed by atoms with Gasteiger partial charge in [0, 0.05) is 47.6 Å². The summed E-state index contributed by atoms with van der Waals surface area (Å²) in [7, 11) is -3.42. The molecule has 0 spiro atoms. The van der Waals surface area contributed by atoms with Gasteiger partial charge in [0.05, 0.1) is 4.90 Å². The first-order valence-electron chi connectivity index (χ1n) is 9.99. The molecule has 3 heterocycles. The third-order valence-corrected chi connectivity index (χ3v) is 6.64. The first-order valence-corrected chi connectivity index (χ1v) is 11.9. The Bertz CT molecular complexity index is 1180. The molecular weight excluding hydrogens is 402 g/mol. The number of phenols is 1. The summed E-state index contributed by atoms with van der Waals surface area (Å²) in [4.78, 5) is 6.70. The number of nitrogens with zero attached hydrogens (tertiary/aromatic N) is 4. The number of likely N-dealkylation sites (N-methyl/N-ethyl adjacent to an activating group) is 1. The van der Waals surface area contributed by atoms with Gasteiger partial charge >= 0.3 is 0 Å². The van der Waals surface area contributed by atoms with E-state index >= 15 is 0 Å². The number of hydrogen-bond acceptors (Lipinski definition) is 8. The molecule has 4 rings (SSSR count). The summed E-state index contributed by atoms with van der Waals surface area (Å²) in [5.41, 5.74) is 0.904. The second-order valence-corrected chi connectivity index (χ2v) is 9.66. The number of likely N-dealkylation sites (tertiary alicyclic amines) is 1. The first-order chi connectivity index (χ1) is 14.4. The molecule has 30 heavy (non-hydrogen) atoms. The lowest BCUT2D eigenvalue weighted by Gasteiger charge is -2.32. The van der Waals surface area contributed by atoms with Crippen LogP contribution in [-0.4, -0.2) is 65.5 Å². The second kappa shape index (κ2) is 8.16. The van der Waals surface area contributed by atoms with Gasteiger partial charge in [-0.25, -0.2) is 8.42 Å². The fourth-order valence-corrected chi connectivity index (χ4v) is 4.54. The van der Waals surface area contributed by atoms with E-state index in [0.717, 1.165) is 49.5 Å². The van der Waals surface area contributed by atoms with Crippen molar-refractivity contribution in [3.63, 3.8) is 0 Å². The second-order valence-electron chi connectivity index (χ2n) is 7.65. The molecule has 1 atom stereocenters. The highest BCUT2D eigenvalue weighted by molar-refractivity contribution is 7.90. The molecule has 2 N–H and O–H groups in total. The van der Waals surface area contributed by atoms with E-state index in [1.165, 1.54) is 12.1 Å². The molecule has 0 aliphatic carbocycles. The molecule has 8 nitrogen and oxygen atoms in total. The molecule has 9 heteroatoms. The Labute approximate surface area is 175 Å². The highest BCUT2D eigenvalue weighted by Crippen LogP contribution is 2.35. The molecule has 2 aromatic heterocycles. The number of piperidine rings is 1. The summed E-state index contributed by atoms with van der Waals surface area (Å²) in [6, 6.07) is 6.38. The van der Waals surface area contributed by atoms with Gasteiger partial charge in [-0.15, -0.1) is 10.2 Å². The lowest BCUT2D eigenvalue weighted by Crippen LogP contribution is -2.42. The van der Waals surface area contributed by atoms with Crippen LogP contribution in [0.2, 0.25) is 0 Å². The number of sulfone groups is 1. The van der Waals surface area contributed by atoms with Crippen molar-refractivity contribution in [2.45, 2.75) is 30.7 Å². The molecule has 0 amide bonds. The van der Waals surface area contributed by atoms with Gasteiger partial charge in [0.25, 0.3) is 0 Å². The molecule has 0 bridgehead atoms. The van der Waals surface area contributed by atoms with Crippen LogP contribution < -0.4 is 5.32 Å². The van der Waals surface area contributed by atoms with Crippen LogP contribution in [0.3, 0.4) is 0 Å². The molecule has 0 radical (unpaired) electrons. The number of fused-ring (bicyclic) bond motifs is 1. The zero-order valence-electron chi connectivity index (χ0n) is 17.0. The molecule has 1 saturated heterocycles. The van der Waals surface area contributed by atoms with Crippen LogP contribution in [0.15, 0.2) is 41.6 Å². The summed E-state index contributed by atoms with van der Waals surface area (Å²) >= 11 is 0. The normalized spacial score (nSPS) is 17.9. The predicted octanol–water partition coefficient (Wildman–Crippen LogP) is 2.70. The quantitative estimate of drug-likeness (QED) is 0.640. The van der Waals surface area contributed by atoms with Gasteiger partial charge in [-0.3, -0.25) is 4.98 Å². The zero-order chi connectivity index (χ0) is 21.3. The molecule has 1 unspecified atom stereocenters. The maximum Gasteiger partial charge on any atom is 0.175 e. The van der Waals surface area contributed by atoms with E-state index in [9.17, 15) is 13.5 Å². The molecule has 1 aliphatic rings. The number of hydrogen-bond donors (Lipinski definition) is 2. The standard InChI is InChI=1S/C21H25N5O3S/c1-3-26-10-4-5-14(13-26)23-21-18-12-22-9-8-16(18)20(24-25-21)17-7-6-15(11-19(17)27)30(2,28)29/h6-9,11-12,14,27H,3-5,10,13H2,1-2H3,(H,23,25). The van der Waals surface area contributed by atoms with Crippen LogP contribution >= 0.6 is 0 Å². The van der Waals surface area contributed by atoms with E-state index in [4.69, 9.17) is 0 Å². The van der Waals surface area contributed by atoms with Crippen molar-refractivity contribution in [3.05, 3.63) is 36.7 Å². The highest BCUT2D eigenvalue weighted by Gasteiger charge is 2.21. The van der Waals surface area contributed by atoms with Crippen LogP contribution in [-0.2, 0) is 9.84 Å². The van der Waals surface area contributed by atoms with Crippen molar-refractivity contribution in [2.24, 2.45) is 0 Å². The van der Waals surface area contributed by atoms with Crippen LogP contribution in [0.5, 0.6) is 5.75 Å². The third kappa shape index (κ3) is 4.08. The number of benzene rings is 1. The topological polar surface area (TPSA) is 108 Å². The maximum absolute atomic E-state index is 11.8. The van der Waals surface area contributed by atoms with Gasteiger partial charge in [0.2, 0.25) is 0 Å². The van der Waals surface area contributed by atoms with E-state index in [1.807, 2.05) is 6.07 Å². The SMILES string of the molecule is CCN1CCCC(Nc2nnc(-c3ccc(S(C)(=O)=O)cc3O)c3ccncc23)C1. The molecule has 1 aromatic carbocycles. The molecule has 0 saturated carbocycles. The Hall–Kier alpha value is -2.78. The fraction of sp³-hybridized carbons (Fsp3) is 0.381. The lowest BCUT2D eigenvalue weighted by molar-refractivity contribution is 0.226. The number of anilines is 1. The minimum absolute atomic E-state index is 0.0544. The molecule has 158 valence electrons. The number of aromatic nitrogens is 3. The molecular formula is C21H25N5O3S. The van der Waals surface area contributed by atoms with Crippen molar-refractivity contribution in [3.8, 4) is 17.0 Å². The van der Waals surface area contributed by atoms with Gasteiger partial charge in [-0.05, 0) is 50.2 Å². The largest absolute Gasteiger partial charge is 0.507 e. The summed E-state index contributed by atoms with van der Waals surface area (Å²) in [5, 5.41) is 24.4. The smallest absolute Gasteiger partial charge is 0.175 e. The van der Waals surface area contributed by atoms with Crippen LogP contribution in [0.4, 0.5) is 5.82 Å². The van der Waals surface area contributed by atoms with Crippen LogP contribution in [0.1, 0.15) is 19.8 Å². The van der Waals surface area contributed by atoms with Crippen molar-refractivity contribution in [2.75, 3.05) is 31.2 Å². The maximum atomic E-state index is 11.8. The Morgan fingerprint density at radius 1 is 1.23 bits per heavy atom. The van der Waals surface area contributed by atoms with Crippen LogP contribution in [0, 0.1) is 0 Å². The minimum Gasteiger partial charge on any atom is -0.507 e. The predicted molar refractivity (Wildman–Crippen MR) is 116 cm³/mol. The molecule has 3 aromatic rings. The summed E-state index contributed by atoms with van der Waals surface area (Å²) < 4.78 is 23.5. The third-order valence-electron chi connectivity index (χ3n) is 5.53. The Kier molecular flexibility index (Phi) is 5.57. The number of nitrogens with one attached hydrogen (secondary N) is 1. The average Bonchev–Trinajstić information content (AvgIpc) is 2.74. The van der Waals surface area contributed by atoms with Crippen molar-refractivity contribution in [1.29, 1.82) is 0 Å². The Balaban J connectivity index is 1.73. The summed E-state index contributed by atoms with van der Waals surface area (Å²) in [6.45, 7) is 5.26. The highest BCUT2D eigenvalue weighted by atomic mass is 32.2. The van der Waals surface area contributed by atoms with Crippen LogP contribution in [0.25, 0.3) is 22.0 Å². The first kappa shape index (κ1) is 20.5. The molecule has 1 fully saturated rings.